The lowest BCUT2D eigenvalue weighted by Crippen LogP contribution is -2.41. The van der Waals surface area contributed by atoms with Gasteiger partial charge in [0.15, 0.2) is 0 Å². The molecule has 1 saturated heterocycles. The first kappa shape index (κ1) is 13.5. The van der Waals surface area contributed by atoms with E-state index in [0.29, 0.717) is 23.6 Å². The molecule has 0 bridgehead atoms. The molecule has 2 heterocycles. The van der Waals surface area contributed by atoms with Crippen molar-refractivity contribution in [3.8, 4) is 0 Å². The van der Waals surface area contributed by atoms with Crippen LogP contribution in [0.1, 0.15) is 34.7 Å². The van der Waals surface area contributed by atoms with E-state index in [2.05, 4.69) is 0 Å². The fourth-order valence-corrected chi connectivity index (χ4v) is 2.38. The molecular weight excluding hydrogens is 248 g/mol. The van der Waals surface area contributed by atoms with Crippen LogP contribution in [0.4, 0.5) is 4.79 Å². The van der Waals surface area contributed by atoms with Gasteiger partial charge in [-0.25, -0.2) is 9.59 Å². The van der Waals surface area contributed by atoms with Crippen molar-refractivity contribution in [3.63, 3.8) is 0 Å². The lowest BCUT2D eigenvalue weighted by atomic mass is 10.2. The Labute approximate surface area is 111 Å². The smallest absolute Gasteiger partial charge is 0.341 e. The molecule has 2 rings (SSSR count). The Balaban J connectivity index is 1.94. The molecule has 2 amide bonds. The van der Waals surface area contributed by atoms with Crippen molar-refractivity contribution in [3.05, 3.63) is 23.2 Å². The number of nitrogens with zero attached hydrogens (tertiary/aromatic N) is 1. The summed E-state index contributed by atoms with van der Waals surface area (Å²) in [5.74, 6) is 0.787. The molecule has 1 aliphatic rings. The van der Waals surface area contributed by atoms with Gasteiger partial charge >= 0.3 is 12.0 Å². The lowest BCUT2D eigenvalue weighted by Gasteiger charge is -2.22. The van der Waals surface area contributed by atoms with E-state index in [1.807, 2.05) is 0 Å². The number of hydrogen-bond acceptors (Lipinski definition) is 4. The number of carbonyl (C=O) groups is 2. The van der Waals surface area contributed by atoms with Crippen LogP contribution in [0.25, 0.3) is 0 Å². The Morgan fingerprint density at radius 2 is 2.26 bits per heavy atom. The molecule has 1 aromatic heterocycles. The second-order valence-corrected chi connectivity index (χ2v) is 4.75. The number of urea groups is 1. The Morgan fingerprint density at radius 1 is 1.53 bits per heavy atom. The zero-order chi connectivity index (χ0) is 14.0. The van der Waals surface area contributed by atoms with Crippen molar-refractivity contribution in [2.45, 2.75) is 32.7 Å². The van der Waals surface area contributed by atoms with Crippen molar-refractivity contribution in [1.82, 2.24) is 4.90 Å². The van der Waals surface area contributed by atoms with E-state index >= 15 is 0 Å². The lowest BCUT2D eigenvalue weighted by molar-refractivity contribution is 0.0420. The average Bonchev–Trinajstić information content (AvgIpc) is 2.92. The molecule has 0 unspecified atom stereocenters. The number of ether oxygens (including phenoxy) is 1. The van der Waals surface area contributed by atoms with Crippen LogP contribution >= 0.6 is 0 Å². The molecule has 0 spiro atoms. The maximum Gasteiger partial charge on any atom is 0.341 e. The number of carbonyl (C=O) groups excluding carboxylic acids is 2. The Morgan fingerprint density at radius 3 is 2.84 bits per heavy atom. The topological polar surface area (TPSA) is 85.8 Å². The molecule has 1 atom stereocenters. The molecule has 19 heavy (non-hydrogen) atoms. The Hall–Kier alpha value is -1.98. The van der Waals surface area contributed by atoms with E-state index in [-0.39, 0.29) is 12.6 Å². The summed E-state index contributed by atoms with van der Waals surface area (Å²) in [6.45, 7) is 4.29. The number of likely N-dealkylation sites (tertiary alicyclic amines) is 1. The number of amides is 2. The second-order valence-electron chi connectivity index (χ2n) is 4.75. The minimum absolute atomic E-state index is 0.116. The molecule has 0 aromatic carbocycles. The summed E-state index contributed by atoms with van der Waals surface area (Å²) in [4.78, 5) is 24.6. The summed E-state index contributed by atoms with van der Waals surface area (Å²) in [7, 11) is 0. The zero-order valence-electron chi connectivity index (χ0n) is 11.1. The van der Waals surface area contributed by atoms with Gasteiger partial charge in [0, 0.05) is 6.54 Å². The summed E-state index contributed by atoms with van der Waals surface area (Å²) >= 11 is 0. The zero-order valence-corrected chi connectivity index (χ0v) is 11.1. The monoisotopic (exact) mass is 266 g/mol. The number of hydrogen-bond donors (Lipinski definition) is 1. The largest absolute Gasteiger partial charge is 0.466 e. The average molecular weight is 266 g/mol. The van der Waals surface area contributed by atoms with Gasteiger partial charge in [-0.1, -0.05) is 0 Å². The highest BCUT2D eigenvalue weighted by Gasteiger charge is 2.28. The van der Waals surface area contributed by atoms with E-state index in [0.717, 1.165) is 12.8 Å². The number of rotatable bonds is 3. The fraction of sp³-hybridized carbons (Fsp3) is 0.538. The van der Waals surface area contributed by atoms with Crippen LogP contribution in [0.5, 0.6) is 0 Å². The van der Waals surface area contributed by atoms with Gasteiger partial charge in [-0.05, 0) is 32.8 Å². The molecule has 1 aromatic rings. The first-order chi connectivity index (χ1) is 8.99. The van der Waals surface area contributed by atoms with Crippen molar-refractivity contribution < 1.29 is 18.7 Å². The highest BCUT2D eigenvalue weighted by molar-refractivity contribution is 5.90. The maximum absolute atomic E-state index is 11.9. The first-order valence-corrected chi connectivity index (χ1v) is 6.29. The fourth-order valence-electron chi connectivity index (χ4n) is 2.38. The maximum atomic E-state index is 11.9. The second kappa shape index (κ2) is 5.34. The molecule has 0 radical (unpaired) electrons. The summed E-state index contributed by atoms with van der Waals surface area (Å²) in [5, 5.41) is 0. The van der Waals surface area contributed by atoms with Crippen molar-refractivity contribution in [2.24, 2.45) is 5.73 Å². The van der Waals surface area contributed by atoms with Crippen LogP contribution in [0.15, 0.2) is 10.5 Å². The van der Waals surface area contributed by atoms with Crippen molar-refractivity contribution in [2.75, 3.05) is 13.2 Å². The van der Waals surface area contributed by atoms with Crippen LogP contribution in [0, 0.1) is 13.8 Å². The van der Waals surface area contributed by atoms with Gasteiger partial charge in [-0.15, -0.1) is 0 Å². The highest BCUT2D eigenvalue weighted by atomic mass is 16.5. The van der Waals surface area contributed by atoms with Crippen LogP contribution in [0.2, 0.25) is 0 Å². The van der Waals surface area contributed by atoms with Crippen LogP contribution in [0.3, 0.4) is 0 Å². The van der Waals surface area contributed by atoms with Gasteiger partial charge in [0.1, 0.15) is 23.7 Å². The van der Waals surface area contributed by atoms with Gasteiger partial charge in [0.25, 0.3) is 0 Å². The minimum atomic E-state index is -0.464. The minimum Gasteiger partial charge on any atom is -0.466 e. The summed E-state index contributed by atoms with van der Waals surface area (Å²) in [6.07, 6.45) is 1.69. The highest BCUT2D eigenvalue weighted by Crippen LogP contribution is 2.19. The third-order valence-electron chi connectivity index (χ3n) is 3.33. The Bertz CT molecular complexity index is 495. The van der Waals surface area contributed by atoms with E-state index in [1.54, 1.807) is 24.8 Å². The van der Waals surface area contributed by atoms with Crippen LogP contribution in [-0.4, -0.2) is 36.1 Å². The number of esters is 1. The molecule has 1 fully saturated rings. The van der Waals surface area contributed by atoms with E-state index in [9.17, 15) is 9.59 Å². The Kier molecular flexibility index (Phi) is 3.78. The quantitative estimate of drug-likeness (QED) is 0.842. The molecule has 1 aliphatic heterocycles. The number of primary amides is 1. The molecule has 0 saturated carbocycles. The first-order valence-electron chi connectivity index (χ1n) is 6.29. The molecular formula is C13H18N2O4. The molecule has 0 aliphatic carbocycles. The van der Waals surface area contributed by atoms with E-state index in [4.69, 9.17) is 14.9 Å². The van der Waals surface area contributed by atoms with Crippen LogP contribution < -0.4 is 5.73 Å². The van der Waals surface area contributed by atoms with E-state index in [1.165, 1.54) is 0 Å². The number of aryl methyl sites for hydroxylation is 2. The number of nitrogens with two attached hydrogens (primary N) is 1. The van der Waals surface area contributed by atoms with Gasteiger partial charge < -0.3 is 19.8 Å². The van der Waals surface area contributed by atoms with Gasteiger partial charge in [-0.2, -0.15) is 0 Å². The summed E-state index contributed by atoms with van der Waals surface area (Å²) in [6, 6.07) is 1.07. The summed E-state index contributed by atoms with van der Waals surface area (Å²) in [5.41, 5.74) is 5.70. The molecule has 104 valence electrons. The third kappa shape index (κ3) is 2.89. The molecule has 6 nitrogen and oxygen atoms in total. The predicted molar refractivity (Wildman–Crippen MR) is 67.8 cm³/mol. The van der Waals surface area contributed by atoms with Crippen molar-refractivity contribution in [1.29, 1.82) is 0 Å². The summed E-state index contributed by atoms with van der Waals surface area (Å²) < 4.78 is 10.5. The standard InChI is InChI=1S/C13H18N2O4/c1-8-6-11(9(2)19-8)12(16)18-7-10-4-3-5-15(10)13(14)17/h6,10H,3-5,7H2,1-2H3,(H2,14,17)/t10-/m0/s1. The van der Waals surface area contributed by atoms with Crippen molar-refractivity contribution >= 4 is 12.0 Å². The normalized spacial score (nSPS) is 18.6. The molecule has 6 heteroatoms. The molecule has 2 N–H and O–H groups in total. The van der Waals surface area contributed by atoms with Crippen LogP contribution in [-0.2, 0) is 4.74 Å². The van der Waals surface area contributed by atoms with Gasteiger partial charge in [0.2, 0.25) is 0 Å². The SMILES string of the molecule is Cc1cc(C(=O)OC[C@@H]2CCCN2C(N)=O)c(C)o1. The van der Waals surface area contributed by atoms with E-state index < -0.39 is 12.0 Å². The third-order valence-corrected chi connectivity index (χ3v) is 3.33. The predicted octanol–water partition coefficient (Wildman–Crippen LogP) is 1.60. The van der Waals surface area contributed by atoms with Gasteiger partial charge in [0.05, 0.1) is 6.04 Å². The van der Waals surface area contributed by atoms with Gasteiger partial charge in [-0.3, -0.25) is 0 Å². The number of furan rings is 1.